The van der Waals surface area contributed by atoms with Gasteiger partial charge in [0, 0.05) is 0 Å². The van der Waals surface area contributed by atoms with E-state index in [1.807, 2.05) is 6.08 Å². The van der Waals surface area contributed by atoms with E-state index in [4.69, 9.17) is 0 Å². The highest BCUT2D eigenvalue weighted by molar-refractivity contribution is 5.15. The summed E-state index contributed by atoms with van der Waals surface area (Å²) in [5.74, 6) is 0. The van der Waals surface area contributed by atoms with Crippen molar-refractivity contribution in [1.29, 1.82) is 0 Å². The third kappa shape index (κ3) is 2.33. The molecule has 0 spiro atoms. The summed E-state index contributed by atoms with van der Waals surface area (Å²) in [5, 5.41) is 9.37. The first-order valence-corrected chi connectivity index (χ1v) is 4.39. The van der Waals surface area contributed by atoms with E-state index in [1.54, 1.807) is 0 Å². The zero-order valence-electron chi connectivity index (χ0n) is 7.72. The van der Waals surface area contributed by atoms with Gasteiger partial charge in [0.2, 0.25) is 0 Å². The van der Waals surface area contributed by atoms with Crippen molar-refractivity contribution in [2.24, 2.45) is 5.41 Å². The van der Waals surface area contributed by atoms with Gasteiger partial charge in [-0.05, 0) is 24.7 Å². The van der Waals surface area contributed by atoms with Crippen LogP contribution >= 0.6 is 0 Å². The van der Waals surface area contributed by atoms with Crippen LogP contribution in [0.15, 0.2) is 11.6 Å². The average Bonchev–Trinajstić information content (AvgIpc) is 1.86. The van der Waals surface area contributed by atoms with Gasteiger partial charge in [-0.1, -0.05) is 32.4 Å². The Balaban J connectivity index is 2.71. The quantitative estimate of drug-likeness (QED) is 0.531. The van der Waals surface area contributed by atoms with Gasteiger partial charge in [0.1, 0.15) is 0 Å². The zero-order valence-corrected chi connectivity index (χ0v) is 7.72. The molecule has 0 aromatic rings. The van der Waals surface area contributed by atoms with Crippen LogP contribution in [0.5, 0.6) is 0 Å². The number of hydrogen-bond acceptors (Lipinski definition) is 1. The highest BCUT2D eigenvalue weighted by Crippen LogP contribution is 2.32. The molecule has 0 aromatic carbocycles. The van der Waals surface area contributed by atoms with Crippen LogP contribution in [0.25, 0.3) is 0 Å². The minimum absolute atomic E-state index is 0.182. The topological polar surface area (TPSA) is 20.2 Å². The van der Waals surface area contributed by atoms with Gasteiger partial charge in [0.25, 0.3) is 0 Å². The smallest absolute Gasteiger partial charge is 0.0723 e. The molecule has 0 heterocycles. The summed E-state index contributed by atoms with van der Waals surface area (Å²) in [4.78, 5) is 0. The van der Waals surface area contributed by atoms with E-state index in [-0.39, 0.29) is 11.5 Å². The Labute approximate surface area is 69.1 Å². The third-order valence-electron chi connectivity index (χ3n) is 2.30. The first-order valence-electron chi connectivity index (χ1n) is 4.39. The Morgan fingerprint density at radius 1 is 1.45 bits per heavy atom. The predicted molar refractivity (Wildman–Crippen MR) is 47.4 cm³/mol. The van der Waals surface area contributed by atoms with E-state index in [2.05, 4.69) is 20.8 Å². The Kier molecular flexibility index (Phi) is 2.38. The molecule has 0 amide bonds. The maximum absolute atomic E-state index is 9.37. The maximum atomic E-state index is 9.37. The molecule has 1 heteroatoms. The number of allylic oxidation sites excluding steroid dienone is 1. The van der Waals surface area contributed by atoms with E-state index >= 15 is 0 Å². The third-order valence-corrected chi connectivity index (χ3v) is 2.30. The molecule has 0 unspecified atom stereocenters. The van der Waals surface area contributed by atoms with Crippen molar-refractivity contribution < 1.29 is 5.11 Å². The number of rotatable bonds is 0. The molecule has 0 aliphatic heterocycles. The normalized spacial score (nSPS) is 26.5. The molecule has 0 radical (unpaired) electrons. The van der Waals surface area contributed by atoms with E-state index in [0.717, 1.165) is 12.8 Å². The lowest BCUT2D eigenvalue weighted by Gasteiger charge is -2.27. The molecule has 11 heavy (non-hydrogen) atoms. The number of aliphatic hydroxyl groups is 1. The molecule has 1 nitrogen and oxygen atoms in total. The molecule has 0 bridgehead atoms. The lowest BCUT2D eigenvalue weighted by molar-refractivity contribution is 0.197. The minimum atomic E-state index is -0.182. The first-order chi connectivity index (χ1) is 5.00. The van der Waals surface area contributed by atoms with Crippen LogP contribution in [0.4, 0.5) is 0 Å². The average molecular weight is 154 g/mol. The molecule has 0 saturated heterocycles. The van der Waals surface area contributed by atoms with Crippen molar-refractivity contribution in [3.05, 3.63) is 11.6 Å². The van der Waals surface area contributed by atoms with Crippen LogP contribution in [0.2, 0.25) is 0 Å². The molecule has 1 rings (SSSR count). The summed E-state index contributed by atoms with van der Waals surface area (Å²) in [6, 6.07) is 0. The second kappa shape index (κ2) is 2.98. The highest BCUT2D eigenvalue weighted by Gasteiger charge is 2.20. The molecule has 1 atom stereocenters. The highest BCUT2D eigenvalue weighted by atomic mass is 16.3. The molecule has 1 aliphatic carbocycles. The molecule has 64 valence electrons. The monoisotopic (exact) mass is 154 g/mol. The SMILES string of the molecule is CC(C)(C)C1=C[C@@H](O)CCC1. The Morgan fingerprint density at radius 3 is 2.45 bits per heavy atom. The summed E-state index contributed by atoms with van der Waals surface area (Å²) < 4.78 is 0. The molecular weight excluding hydrogens is 136 g/mol. The zero-order chi connectivity index (χ0) is 8.48. The molecule has 0 fully saturated rings. The van der Waals surface area contributed by atoms with Crippen LogP contribution in [0.1, 0.15) is 40.0 Å². The van der Waals surface area contributed by atoms with Gasteiger partial charge in [0.05, 0.1) is 6.10 Å². The van der Waals surface area contributed by atoms with Gasteiger partial charge >= 0.3 is 0 Å². The van der Waals surface area contributed by atoms with Crippen molar-refractivity contribution in [3.8, 4) is 0 Å². The van der Waals surface area contributed by atoms with Crippen LogP contribution in [-0.2, 0) is 0 Å². The maximum Gasteiger partial charge on any atom is 0.0723 e. The van der Waals surface area contributed by atoms with Gasteiger partial charge in [-0.25, -0.2) is 0 Å². The van der Waals surface area contributed by atoms with Gasteiger partial charge < -0.3 is 5.11 Å². The molecular formula is C10H18O. The summed E-state index contributed by atoms with van der Waals surface area (Å²) >= 11 is 0. The molecule has 0 aromatic heterocycles. The van der Waals surface area contributed by atoms with Gasteiger partial charge in [-0.3, -0.25) is 0 Å². The fraction of sp³-hybridized carbons (Fsp3) is 0.800. The minimum Gasteiger partial charge on any atom is -0.389 e. The molecule has 0 saturated carbocycles. The van der Waals surface area contributed by atoms with Crippen LogP contribution in [0, 0.1) is 5.41 Å². The predicted octanol–water partition coefficient (Wildman–Crippen LogP) is 2.50. The fourth-order valence-corrected chi connectivity index (χ4v) is 1.53. The van der Waals surface area contributed by atoms with Crippen molar-refractivity contribution in [2.45, 2.75) is 46.1 Å². The van der Waals surface area contributed by atoms with Gasteiger partial charge in [-0.2, -0.15) is 0 Å². The molecule has 1 aliphatic rings. The Morgan fingerprint density at radius 2 is 2.09 bits per heavy atom. The first kappa shape index (κ1) is 8.79. The lowest BCUT2D eigenvalue weighted by Crippen LogP contribution is -2.17. The summed E-state index contributed by atoms with van der Waals surface area (Å²) in [7, 11) is 0. The second-order valence-electron chi connectivity index (χ2n) is 4.40. The lowest BCUT2D eigenvalue weighted by atomic mass is 9.80. The number of aliphatic hydroxyl groups excluding tert-OH is 1. The van der Waals surface area contributed by atoms with Crippen LogP contribution < -0.4 is 0 Å². The summed E-state index contributed by atoms with van der Waals surface area (Å²) in [6.07, 6.45) is 5.10. The van der Waals surface area contributed by atoms with Crippen LogP contribution in [-0.4, -0.2) is 11.2 Å². The van der Waals surface area contributed by atoms with Crippen molar-refractivity contribution >= 4 is 0 Å². The van der Waals surface area contributed by atoms with Crippen molar-refractivity contribution in [3.63, 3.8) is 0 Å². The molecule has 1 N–H and O–H groups in total. The van der Waals surface area contributed by atoms with E-state index in [9.17, 15) is 5.11 Å². The summed E-state index contributed by atoms with van der Waals surface area (Å²) in [5.41, 5.74) is 1.66. The van der Waals surface area contributed by atoms with Gasteiger partial charge in [-0.15, -0.1) is 0 Å². The summed E-state index contributed by atoms with van der Waals surface area (Å²) in [6.45, 7) is 6.62. The Bertz CT molecular complexity index is 162. The standard InChI is InChI=1S/C10H18O/c1-10(2,3)8-5-4-6-9(11)7-8/h7,9,11H,4-6H2,1-3H3/t9-/m0/s1. The van der Waals surface area contributed by atoms with Crippen LogP contribution in [0.3, 0.4) is 0 Å². The van der Waals surface area contributed by atoms with Crippen molar-refractivity contribution in [1.82, 2.24) is 0 Å². The number of hydrogen-bond donors (Lipinski definition) is 1. The van der Waals surface area contributed by atoms with Crippen molar-refractivity contribution in [2.75, 3.05) is 0 Å². The second-order valence-corrected chi connectivity index (χ2v) is 4.40. The fourth-order valence-electron chi connectivity index (χ4n) is 1.53. The largest absolute Gasteiger partial charge is 0.389 e. The Hall–Kier alpha value is -0.300. The van der Waals surface area contributed by atoms with E-state index in [0.29, 0.717) is 0 Å². The van der Waals surface area contributed by atoms with E-state index < -0.39 is 0 Å². The van der Waals surface area contributed by atoms with Gasteiger partial charge in [0.15, 0.2) is 0 Å². The van der Waals surface area contributed by atoms with E-state index in [1.165, 1.54) is 12.0 Å².